The normalized spacial score (nSPS) is 14.2. The Bertz CT molecular complexity index is 4320. The number of esters is 1. The van der Waals surface area contributed by atoms with Crippen molar-refractivity contribution in [1.29, 1.82) is 0 Å². The minimum atomic E-state index is -0.292. The van der Waals surface area contributed by atoms with Crippen LogP contribution in [0.1, 0.15) is 114 Å². The van der Waals surface area contributed by atoms with Gasteiger partial charge in [0.05, 0.1) is 101 Å². The summed E-state index contributed by atoms with van der Waals surface area (Å²) in [5.74, 6) is 5.32. The first-order chi connectivity index (χ1) is 44.5. The molecule has 4 N–H and O–H groups in total. The molecule has 0 radical (unpaired) electrons. The number of hydrogen-bond acceptors (Lipinski definition) is 13. The van der Waals surface area contributed by atoms with E-state index in [-0.39, 0.29) is 23.7 Å². The Labute approximate surface area is 529 Å². The summed E-state index contributed by atoms with van der Waals surface area (Å²) in [6.07, 6.45) is 6.50. The monoisotopic (exact) mass is 1220 g/mol. The first kappa shape index (κ1) is 60.2. The van der Waals surface area contributed by atoms with Crippen molar-refractivity contribution in [2.75, 3.05) is 75.4 Å². The lowest BCUT2D eigenvalue weighted by molar-refractivity contribution is -0.137. The second-order valence-corrected chi connectivity index (χ2v) is 23.9. The van der Waals surface area contributed by atoms with Crippen LogP contribution in [-0.4, -0.2) is 124 Å². The number of ether oxygens (including phenoxy) is 8. The molecule has 468 valence electrons. The number of hydrogen-bond donors (Lipinski definition) is 4. The molecule has 8 heterocycles. The standard InChI is InChI=1S/C39H42N4O5.C35H36N4O4/c1-6-47-36-19-23(7-12-35(36)48-39(44)22(2)3)24(17-33-37-29(13-15-40-33)27-10-8-25(45-4)20-31(27)42-37)18-34-38-30(14-16-41-34)28-11-9-26(46-5)21-32(28)43-38;1-40-22-6-8-24-26-11-13-36-30(34(26)38-28(24)18-22)15-21(20-5-10-32(42-3)33(17-20)43-4)16-31-35-27(12-14-37-31)25-9-7-23(41-2)19-29(25)39-35/h7-12,19-22,24,42-43H,6,13-18H2,1-5H3;5-10,17-19,21,38-39H,11-16H2,1-4H3. The molecule has 17 nitrogen and oxygen atoms in total. The fourth-order valence-electron chi connectivity index (χ4n) is 13.7. The van der Waals surface area contributed by atoms with E-state index in [9.17, 15) is 4.79 Å². The molecule has 4 aliphatic rings. The molecule has 10 aromatic rings. The number of methoxy groups -OCH3 is 6. The highest BCUT2D eigenvalue weighted by atomic mass is 16.6. The van der Waals surface area contributed by atoms with Crippen molar-refractivity contribution in [3.05, 3.63) is 165 Å². The van der Waals surface area contributed by atoms with Crippen molar-refractivity contribution >= 4 is 72.4 Å². The van der Waals surface area contributed by atoms with Gasteiger partial charge in [-0.3, -0.25) is 24.8 Å². The largest absolute Gasteiger partial charge is 0.497 e. The van der Waals surface area contributed by atoms with Crippen molar-refractivity contribution in [2.24, 2.45) is 25.9 Å². The lowest BCUT2D eigenvalue weighted by atomic mass is 9.84. The predicted octanol–water partition coefficient (Wildman–Crippen LogP) is 14.2. The quantitative estimate of drug-likeness (QED) is 0.0423. The van der Waals surface area contributed by atoms with Gasteiger partial charge in [0.1, 0.15) is 23.0 Å². The topological polar surface area (TPSA) is 204 Å². The van der Waals surface area contributed by atoms with Crippen LogP contribution in [0.3, 0.4) is 0 Å². The average molecular weight is 1220 g/mol. The van der Waals surface area contributed by atoms with Gasteiger partial charge in [-0.1, -0.05) is 26.0 Å². The third-order valence-electron chi connectivity index (χ3n) is 18.3. The molecule has 0 amide bonds. The molecule has 6 aromatic carbocycles. The van der Waals surface area contributed by atoms with Gasteiger partial charge in [0.15, 0.2) is 23.0 Å². The maximum Gasteiger partial charge on any atom is 0.313 e. The van der Waals surface area contributed by atoms with Gasteiger partial charge < -0.3 is 57.8 Å². The van der Waals surface area contributed by atoms with E-state index < -0.39 is 0 Å². The van der Waals surface area contributed by atoms with Crippen molar-refractivity contribution in [2.45, 2.75) is 84.0 Å². The van der Waals surface area contributed by atoms with Crippen molar-refractivity contribution in [3.63, 3.8) is 0 Å². The van der Waals surface area contributed by atoms with Crippen molar-refractivity contribution < 1.29 is 42.7 Å². The summed E-state index contributed by atoms with van der Waals surface area (Å²) >= 11 is 0. The summed E-state index contributed by atoms with van der Waals surface area (Å²) < 4.78 is 45.1. The molecule has 17 heteroatoms. The smallest absolute Gasteiger partial charge is 0.313 e. The van der Waals surface area contributed by atoms with Crippen LogP contribution in [0.25, 0.3) is 43.6 Å². The van der Waals surface area contributed by atoms with Crippen LogP contribution in [0.2, 0.25) is 0 Å². The second kappa shape index (κ2) is 26.0. The van der Waals surface area contributed by atoms with Crippen LogP contribution in [0.5, 0.6) is 46.0 Å². The zero-order chi connectivity index (χ0) is 62.9. The van der Waals surface area contributed by atoms with E-state index in [2.05, 4.69) is 86.7 Å². The first-order valence-electron chi connectivity index (χ1n) is 31.6. The number of aromatic nitrogens is 4. The maximum atomic E-state index is 12.5. The maximum absolute atomic E-state index is 12.5. The molecule has 4 aromatic heterocycles. The van der Waals surface area contributed by atoms with Gasteiger partial charge in [0.25, 0.3) is 0 Å². The van der Waals surface area contributed by atoms with Gasteiger partial charge in [-0.2, -0.15) is 0 Å². The minimum Gasteiger partial charge on any atom is -0.497 e. The van der Waals surface area contributed by atoms with E-state index in [1.165, 1.54) is 43.8 Å². The number of nitrogens with zero attached hydrogens (tertiary/aromatic N) is 4. The molecular formula is C74H78N8O9. The Hall–Kier alpha value is -9.77. The van der Waals surface area contributed by atoms with Gasteiger partial charge in [0, 0.05) is 94.1 Å². The summed E-state index contributed by atoms with van der Waals surface area (Å²) in [6, 6.07) is 37.1. The van der Waals surface area contributed by atoms with E-state index in [4.69, 9.17) is 57.9 Å². The molecule has 0 saturated carbocycles. The Morgan fingerprint density at radius 2 is 0.736 bits per heavy atom. The summed E-state index contributed by atoms with van der Waals surface area (Å²) in [7, 11) is 10.1. The van der Waals surface area contributed by atoms with E-state index in [1.807, 2.05) is 63.2 Å². The lowest BCUT2D eigenvalue weighted by Gasteiger charge is -2.24. The fraction of sp³-hybridized carbons (Fsp3) is 0.338. The molecule has 0 bridgehead atoms. The van der Waals surface area contributed by atoms with Gasteiger partial charge in [-0.25, -0.2) is 0 Å². The molecule has 4 aliphatic heterocycles. The summed E-state index contributed by atoms with van der Waals surface area (Å²) in [5, 5.41) is 4.89. The van der Waals surface area contributed by atoms with Crippen LogP contribution in [0, 0.1) is 5.92 Å². The van der Waals surface area contributed by atoms with Gasteiger partial charge >= 0.3 is 5.97 Å². The molecule has 0 atom stereocenters. The number of H-pyrrole nitrogens is 4. The van der Waals surface area contributed by atoms with Gasteiger partial charge in [-0.15, -0.1) is 0 Å². The molecule has 0 fully saturated rings. The highest BCUT2D eigenvalue weighted by molar-refractivity contribution is 6.11. The summed E-state index contributed by atoms with van der Waals surface area (Å²) in [6.45, 7) is 9.05. The van der Waals surface area contributed by atoms with Gasteiger partial charge in [-0.05, 0) is 176 Å². The van der Waals surface area contributed by atoms with Crippen LogP contribution in [0.4, 0.5) is 0 Å². The number of benzene rings is 6. The van der Waals surface area contributed by atoms with Crippen LogP contribution in [0.15, 0.2) is 129 Å². The third-order valence-corrected chi connectivity index (χ3v) is 18.3. The number of rotatable bonds is 20. The molecular weight excluding hydrogens is 1140 g/mol. The molecule has 91 heavy (non-hydrogen) atoms. The Balaban J connectivity index is 0.000000167. The van der Waals surface area contributed by atoms with Gasteiger partial charge in [0.2, 0.25) is 0 Å². The minimum absolute atomic E-state index is 0.00959. The highest BCUT2D eigenvalue weighted by Gasteiger charge is 2.31. The summed E-state index contributed by atoms with van der Waals surface area (Å²) in [4.78, 5) is 47.6. The van der Waals surface area contributed by atoms with E-state index in [1.54, 1.807) is 42.7 Å². The van der Waals surface area contributed by atoms with Crippen molar-refractivity contribution in [1.82, 2.24) is 19.9 Å². The Morgan fingerprint density at radius 1 is 0.407 bits per heavy atom. The number of carbonyl (C=O) groups is 1. The number of fused-ring (bicyclic) bond motifs is 12. The molecule has 0 aliphatic carbocycles. The SMILES string of the molecule is CCOc1cc(C(CC2=NCCc3c2[nH]c2cc(OC)ccc32)CC2=NCCc3c2[nH]c2cc(OC)ccc32)ccc1OC(=O)C(C)C.COc1ccc2c3c([nH]c2c1)C(CC(CC1=NCCc2c1[nH]c1cc(OC)ccc21)c1ccc(OC)c(OC)c1)=NCC3. The number of carbonyl (C=O) groups excluding carboxylic acids is 1. The third kappa shape index (κ3) is 11.9. The average Bonchev–Trinajstić information content (AvgIpc) is 2.11. The molecule has 14 rings (SSSR count). The van der Waals surface area contributed by atoms with E-state index in [0.29, 0.717) is 36.7 Å². The number of nitrogens with one attached hydrogen (secondary N) is 4. The van der Waals surface area contributed by atoms with Crippen LogP contribution in [-0.2, 0) is 30.5 Å². The second-order valence-electron chi connectivity index (χ2n) is 23.9. The lowest BCUT2D eigenvalue weighted by Crippen LogP contribution is -2.20. The molecule has 0 unspecified atom stereocenters. The Kier molecular flexibility index (Phi) is 17.2. The van der Waals surface area contributed by atoms with Crippen LogP contribution < -0.4 is 37.9 Å². The first-order valence-corrected chi connectivity index (χ1v) is 31.6. The number of aromatic amines is 4. The van der Waals surface area contributed by atoms with E-state index in [0.717, 1.165) is 172 Å². The number of aliphatic imine (C=N–C) groups is 4. The van der Waals surface area contributed by atoms with E-state index >= 15 is 0 Å². The van der Waals surface area contributed by atoms with Crippen LogP contribution >= 0.6 is 0 Å². The molecule has 0 spiro atoms. The summed E-state index contributed by atoms with van der Waals surface area (Å²) in [5.41, 5.74) is 20.5. The molecule has 0 saturated heterocycles. The zero-order valence-electron chi connectivity index (χ0n) is 53.3. The Morgan fingerprint density at radius 3 is 1.04 bits per heavy atom. The predicted molar refractivity (Wildman–Crippen MR) is 361 cm³/mol. The zero-order valence-corrected chi connectivity index (χ0v) is 53.3. The van der Waals surface area contributed by atoms with Crippen molar-refractivity contribution in [3.8, 4) is 46.0 Å². The highest BCUT2D eigenvalue weighted by Crippen LogP contribution is 2.42. The fourth-order valence-corrected chi connectivity index (χ4v) is 13.7.